The number of thiazole rings is 1. The Labute approximate surface area is 181 Å². The van der Waals surface area contributed by atoms with E-state index < -0.39 is 0 Å². The zero-order valence-corrected chi connectivity index (χ0v) is 17.7. The van der Waals surface area contributed by atoms with E-state index in [1.54, 1.807) is 35.6 Å². The van der Waals surface area contributed by atoms with Gasteiger partial charge in [0, 0.05) is 11.5 Å². The van der Waals surface area contributed by atoms with Crippen LogP contribution < -0.4 is 10.6 Å². The topological polar surface area (TPSA) is 71.1 Å². The van der Waals surface area contributed by atoms with Crippen LogP contribution in [0.3, 0.4) is 0 Å². The average molecular weight is 442 g/mol. The number of aromatic nitrogens is 1. The molecule has 1 atom stereocenters. The highest BCUT2D eigenvalue weighted by Crippen LogP contribution is 2.38. The Kier molecular flexibility index (Phi) is 5.12. The summed E-state index contributed by atoms with van der Waals surface area (Å²) in [4.78, 5) is 31.1. The lowest BCUT2D eigenvalue weighted by Gasteiger charge is -2.22. The van der Waals surface area contributed by atoms with Gasteiger partial charge in [0.25, 0.3) is 5.91 Å². The van der Waals surface area contributed by atoms with E-state index in [1.807, 2.05) is 0 Å². The number of halogens is 1. The summed E-state index contributed by atoms with van der Waals surface area (Å²) in [6, 6.07) is 9.79. The quantitative estimate of drug-likeness (QED) is 0.574. The molecule has 2 aliphatic carbocycles. The third-order valence-corrected chi connectivity index (χ3v) is 7.63. The van der Waals surface area contributed by atoms with Gasteiger partial charge >= 0.3 is 0 Å². The lowest BCUT2D eigenvalue weighted by atomic mass is 9.98. The van der Waals surface area contributed by atoms with Crippen LogP contribution in [0.1, 0.15) is 52.0 Å². The first-order valence-electron chi connectivity index (χ1n) is 10.0. The van der Waals surface area contributed by atoms with Gasteiger partial charge in [0.1, 0.15) is 10.8 Å². The number of aryl methyl sites for hydroxylation is 1. The molecule has 5 nitrogen and oxygen atoms in total. The molecule has 2 heterocycles. The number of hydrogen-bond donors (Lipinski definition) is 2. The molecule has 2 aliphatic rings. The number of nitrogens with one attached hydrogen (secondary N) is 2. The Morgan fingerprint density at radius 3 is 2.60 bits per heavy atom. The highest BCUT2D eigenvalue weighted by atomic mass is 32.1. The standard InChI is InChI=1S/C22H20FN3O2S2/c23-14-8-6-13(7-9-14)22-25-16-3-1-2-15(19(16)30-22)24-21(28)17-10-11-18(29-17)26-20(27)12-4-5-12/h6-12,15H,1-5H2,(H,24,28)(H,26,27). The fourth-order valence-electron chi connectivity index (χ4n) is 3.60. The van der Waals surface area contributed by atoms with E-state index in [-0.39, 0.29) is 29.6 Å². The summed E-state index contributed by atoms with van der Waals surface area (Å²) < 4.78 is 13.2. The van der Waals surface area contributed by atoms with E-state index in [0.717, 1.165) is 53.2 Å². The Morgan fingerprint density at radius 2 is 1.83 bits per heavy atom. The molecule has 1 fully saturated rings. The van der Waals surface area contributed by atoms with Crippen molar-refractivity contribution in [3.05, 3.63) is 57.7 Å². The number of carbonyl (C=O) groups is 2. The van der Waals surface area contributed by atoms with Crippen LogP contribution in [0.2, 0.25) is 0 Å². The van der Waals surface area contributed by atoms with Crippen LogP contribution in [0.15, 0.2) is 36.4 Å². The number of fused-ring (bicyclic) bond motifs is 1. The van der Waals surface area contributed by atoms with Crippen LogP contribution in [0.4, 0.5) is 9.39 Å². The molecule has 0 bridgehead atoms. The Hall–Kier alpha value is -2.58. The Bertz CT molecular complexity index is 1100. The summed E-state index contributed by atoms with van der Waals surface area (Å²) in [5, 5.41) is 7.58. The summed E-state index contributed by atoms with van der Waals surface area (Å²) in [5.74, 6) is -0.235. The van der Waals surface area contributed by atoms with Crippen molar-refractivity contribution in [1.82, 2.24) is 10.3 Å². The van der Waals surface area contributed by atoms with Gasteiger partial charge in [-0.05, 0) is 68.5 Å². The summed E-state index contributed by atoms with van der Waals surface area (Å²) in [6.45, 7) is 0. The van der Waals surface area contributed by atoms with Crippen LogP contribution in [-0.4, -0.2) is 16.8 Å². The predicted molar refractivity (Wildman–Crippen MR) is 116 cm³/mol. The van der Waals surface area contributed by atoms with Crippen molar-refractivity contribution in [2.45, 2.75) is 38.1 Å². The van der Waals surface area contributed by atoms with Gasteiger partial charge < -0.3 is 10.6 Å². The number of thiophene rings is 1. The van der Waals surface area contributed by atoms with Crippen LogP contribution >= 0.6 is 22.7 Å². The van der Waals surface area contributed by atoms with Gasteiger partial charge in [-0.3, -0.25) is 9.59 Å². The van der Waals surface area contributed by atoms with E-state index in [2.05, 4.69) is 10.6 Å². The fraction of sp³-hybridized carbons (Fsp3) is 0.318. The van der Waals surface area contributed by atoms with Crippen molar-refractivity contribution >= 4 is 39.5 Å². The van der Waals surface area contributed by atoms with Gasteiger partial charge in [0.15, 0.2) is 0 Å². The molecule has 0 spiro atoms. The normalized spacial score (nSPS) is 18.0. The molecule has 5 rings (SSSR count). The van der Waals surface area contributed by atoms with Crippen LogP contribution in [0.5, 0.6) is 0 Å². The molecule has 2 N–H and O–H groups in total. The molecule has 8 heteroatoms. The maximum Gasteiger partial charge on any atom is 0.261 e. The largest absolute Gasteiger partial charge is 0.344 e. The molecule has 30 heavy (non-hydrogen) atoms. The lowest BCUT2D eigenvalue weighted by molar-refractivity contribution is -0.117. The summed E-state index contributed by atoms with van der Waals surface area (Å²) in [7, 11) is 0. The van der Waals surface area contributed by atoms with E-state index in [9.17, 15) is 14.0 Å². The van der Waals surface area contributed by atoms with Crippen LogP contribution in [0, 0.1) is 11.7 Å². The number of hydrogen-bond acceptors (Lipinski definition) is 5. The minimum absolute atomic E-state index is 0.0405. The third-order valence-electron chi connectivity index (χ3n) is 5.37. The minimum Gasteiger partial charge on any atom is -0.344 e. The molecular formula is C22H20FN3O2S2. The van der Waals surface area contributed by atoms with Gasteiger partial charge in [-0.15, -0.1) is 22.7 Å². The van der Waals surface area contributed by atoms with Crippen molar-refractivity contribution in [2.75, 3.05) is 5.32 Å². The van der Waals surface area contributed by atoms with Crippen LogP contribution in [-0.2, 0) is 11.2 Å². The zero-order valence-electron chi connectivity index (χ0n) is 16.1. The smallest absolute Gasteiger partial charge is 0.261 e. The number of carbonyl (C=O) groups excluding carboxylic acids is 2. The molecule has 2 amide bonds. The SMILES string of the molecule is O=C(NC1CCCc2nc(-c3ccc(F)cc3)sc21)c1ccc(NC(=O)C2CC2)s1. The lowest BCUT2D eigenvalue weighted by Crippen LogP contribution is -2.29. The second-order valence-corrected chi connectivity index (χ2v) is 9.80. The second kappa shape index (κ2) is 7.92. The predicted octanol–water partition coefficient (Wildman–Crippen LogP) is 5.17. The molecule has 1 unspecified atom stereocenters. The number of amides is 2. The molecule has 154 valence electrons. The monoisotopic (exact) mass is 441 g/mol. The zero-order chi connectivity index (χ0) is 20.7. The van der Waals surface area contributed by atoms with Crippen molar-refractivity contribution in [1.29, 1.82) is 0 Å². The van der Waals surface area contributed by atoms with Gasteiger partial charge in [0.05, 0.1) is 26.5 Å². The first-order valence-corrected chi connectivity index (χ1v) is 11.7. The number of anilines is 1. The Balaban J connectivity index is 1.30. The van der Waals surface area contributed by atoms with Gasteiger partial charge in [0.2, 0.25) is 5.91 Å². The van der Waals surface area contributed by atoms with Gasteiger partial charge in [-0.1, -0.05) is 0 Å². The molecule has 1 saturated carbocycles. The first-order chi connectivity index (χ1) is 14.6. The fourth-order valence-corrected chi connectivity index (χ4v) is 5.61. The highest BCUT2D eigenvalue weighted by molar-refractivity contribution is 7.18. The summed E-state index contributed by atoms with van der Waals surface area (Å²) >= 11 is 2.86. The number of rotatable bonds is 5. The molecular weight excluding hydrogens is 421 g/mol. The molecule has 0 saturated heterocycles. The van der Waals surface area contributed by atoms with Gasteiger partial charge in [-0.25, -0.2) is 9.37 Å². The van der Waals surface area contributed by atoms with Crippen molar-refractivity contribution in [2.24, 2.45) is 5.92 Å². The average Bonchev–Trinajstić information content (AvgIpc) is 3.33. The maximum absolute atomic E-state index is 13.2. The van der Waals surface area contributed by atoms with E-state index in [1.165, 1.54) is 23.5 Å². The second-order valence-electron chi connectivity index (χ2n) is 7.68. The van der Waals surface area contributed by atoms with E-state index in [0.29, 0.717) is 9.88 Å². The highest BCUT2D eigenvalue weighted by Gasteiger charge is 2.30. The maximum atomic E-state index is 13.2. The van der Waals surface area contributed by atoms with Crippen LogP contribution in [0.25, 0.3) is 10.6 Å². The third kappa shape index (κ3) is 4.02. The molecule has 1 aromatic carbocycles. The van der Waals surface area contributed by atoms with Crippen molar-refractivity contribution < 1.29 is 14.0 Å². The van der Waals surface area contributed by atoms with Gasteiger partial charge in [-0.2, -0.15) is 0 Å². The van der Waals surface area contributed by atoms with E-state index >= 15 is 0 Å². The molecule has 0 radical (unpaired) electrons. The molecule has 0 aliphatic heterocycles. The number of benzene rings is 1. The minimum atomic E-state index is -0.270. The van der Waals surface area contributed by atoms with E-state index in [4.69, 9.17) is 4.98 Å². The Morgan fingerprint density at radius 1 is 1.03 bits per heavy atom. The molecule has 3 aromatic rings. The van der Waals surface area contributed by atoms with Crippen molar-refractivity contribution in [3.63, 3.8) is 0 Å². The van der Waals surface area contributed by atoms with Crippen molar-refractivity contribution in [3.8, 4) is 10.6 Å². The number of nitrogens with zero attached hydrogens (tertiary/aromatic N) is 1. The summed E-state index contributed by atoms with van der Waals surface area (Å²) in [5.41, 5.74) is 1.90. The molecule has 2 aromatic heterocycles. The summed E-state index contributed by atoms with van der Waals surface area (Å²) in [6.07, 6.45) is 4.60. The first kappa shape index (κ1) is 19.4.